The number of carboxylic acid groups (broad SMARTS) is 1. The minimum absolute atomic E-state index is 0.0428. The van der Waals surface area contributed by atoms with Crippen molar-refractivity contribution >= 4 is 11.9 Å². The number of carbonyl (C=O) groups excluding carboxylic acids is 1. The summed E-state index contributed by atoms with van der Waals surface area (Å²) in [6, 6.07) is 2.56. The molecule has 0 aliphatic carbocycles. The molecule has 1 aromatic carbocycles. The number of halogens is 2. The summed E-state index contributed by atoms with van der Waals surface area (Å²) in [6.45, 7) is 3.07. The minimum atomic E-state index is -1.01. The monoisotopic (exact) mass is 301 g/mol. The van der Waals surface area contributed by atoms with Gasteiger partial charge in [0.25, 0.3) is 5.91 Å². The summed E-state index contributed by atoms with van der Waals surface area (Å²) in [6.07, 6.45) is -0.186. The van der Waals surface area contributed by atoms with Crippen LogP contribution in [0.15, 0.2) is 18.2 Å². The van der Waals surface area contributed by atoms with Crippen molar-refractivity contribution in [1.29, 1.82) is 0 Å². The second-order valence-corrected chi connectivity index (χ2v) is 4.69. The fourth-order valence-corrected chi connectivity index (χ4v) is 1.70. The van der Waals surface area contributed by atoms with Crippen molar-refractivity contribution in [3.05, 3.63) is 29.8 Å². The molecule has 0 radical (unpaired) electrons. The van der Waals surface area contributed by atoms with Crippen LogP contribution in [0, 0.1) is 11.6 Å². The third-order valence-corrected chi connectivity index (χ3v) is 2.76. The maximum atomic E-state index is 13.3. The molecule has 0 aromatic heterocycles. The first-order chi connectivity index (χ1) is 9.81. The van der Waals surface area contributed by atoms with E-state index >= 15 is 0 Å². The van der Waals surface area contributed by atoms with E-state index in [-0.39, 0.29) is 24.8 Å². The van der Waals surface area contributed by atoms with Crippen LogP contribution in [0.5, 0.6) is 5.75 Å². The second-order valence-electron chi connectivity index (χ2n) is 4.69. The summed E-state index contributed by atoms with van der Waals surface area (Å²) in [5.41, 5.74) is 0. The lowest BCUT2D eigenvalue weighted by atomic mass is 10.2. The van der Waals surface area contributed by atoms with Crippen LogP contribution in [0.1, 0.15) is 20.3 Å². The van der Waals surface area contributed by atoms with Gasteiger partial charge in [-0.05, 0) is 26.0 Å². The number of rotatable bonds is 7. The number of carbonyl (C=O) groups is 2. The van der Waals surface area contributed by atoms with Gasteiger partial charge in [-0.15, -0.1) is 0 Å². The Morgan fingerprint density at radius 3 is 2.52 bits per heavy atom. The molecule has 1 N–H and O–H groups in total. The molecule has 116 valence electrons. The maximum Gasteiger partial charge on any atom is 0.305 e. The molecule has 0 spiro atoms. The third kappa shape index (κ3) is 5.37. The van der Waals surface area contributed by atoms with Gasteiger partial charge < -0.3 is 14.7 Å². The summed E-state index contributed by atoms with van der Waals surface area (Å²) in [5.74, 6) is -3.35. The van der Waals surface area contributed by atoms with Crippen molar-refractivity contribution in [2.75, 3.05) is 13.2 Å². The van der Waals surface area contributed by atoms with Crippen LogP contribution in [-0.4, -0.2) is 41.1 Å². The van der Waals surface area contributed by atoms with Crippen LogP contribution < -0.4 is 4.74 Å². The highest BCUT2D eigenvalue weighted by Crippen LogP contribution is 2.17. The van der Waals surface area contributed by atoms with Gasteiger partial charge in [-0.1, -0.05) is 0 Å². The minimum Gasteiger partial charge on any atom is -0.481 e. The molecule has 1 aromatic rings. The molecule has 0 saturated heterocycles. The average Bonchev–Trinajstić information content (AvgIpc) is 2.37. The van der Waals surface area contributed by atoms with Crippen molar-refractivity contribution in [3.63, 3.8) is 0 Å². The number of carboxylic acids is 1. The molecule has 21 heavy (non-hydrogen) atoms. The lowest BCUT2D eigenvalue weighted by Crippen LogP contribution is -2.41. The molecule has 1 rings (SSSR count). The van der Waals surface area contributed by atoms with Gasteiger partial charge in [0, 0.05) is 18.7 Å². The average molecular weight is 301 g/mol. The predicted octanol–water partition coefficient (Wildman–Crippen LogP) is 2.06. The normalized spacial score (nSPS) is 10.5. The molecule has 5 nitrogen and oxygen atoms in total. The molecule has 0 saturated carbocycles. The number of hydrogen-bond donors (Lipinski definition) is 1. The first kappa shape index (κ1) is 16.9. The molecule has 0 bridgehead atoms. The van der Waals surface area contributed by atoms with E-state index in [2.05, 4.69) is 0 Å². The van der Waals surface area contributed by atoms with Crippen LogP contribution in [-0.2, 0) is 9.59 Å². The van der Waals surface area contributed by atoms with E-state index in [1.807, 2.05) is 0 Å². The molecule has 0 aliphatic rings. The van der Waals surface area contributed by atoms with Crippen molar-refractivity contribution in [2.45, 2.75) is 26.3 Å². The number of hydrogen-bond acceptors (Lipinski definition) is 3. The zero-order chi connectivity index (χ0) is 16.0. The first-order valence-corrected chi connectivity index (χ1v) is 6.40. The highest BCUT2D eigenvalue weighted by atomic mass is 19.1. The second kappa shape index (κ2) is 7.56. The number of nitrogens with zero attached hydrogens (tertiary/aromatic N) is 1. The van der Waals surface area contributed by atoms with Gasteiger partial charge in [0.15, 0.2) is 18.2 Å². The van der Waals surface area contributed by atoms with Crippen molar-refractivity contribution < 1.29 is 28.2 Å². The SMILES string of the molecule is CC(C)N(CCC(=O)O)C(=O)COc1ccc(F)cc1F. The van der Waals surface area contributed by atoms with Gasteiger partial charge in [-0.25, -0.2) is 8.78 Å². The summed E-state index contributed by atoms with van der Waals surface area (Å²) in [5, 5.41) is 8.64. The Balaban J connectivity index is 2.62. The van der Waals surface area contributed by atoms with E-state index in [1.165, 1.54) is 4.90 Å². The zero-order valence-electron chi connectivity index (χ0n) is 11.8. The van der Waals surface area contributed by atoms with Crippen LogP contribution in [0.25, 0.3) is 0 Å². The molecule has 1 amide bonds. The van der Waals surface area contributed by atoms with Gasteiger partial charge in [0.05, 0.1) is 6.42 Å². The Morgan fingerprint density at radius 2 is 2.00 bits per heavy atom. The van der Waals surface area contributed by atoms with Crippen LogP contribution >= 0.6 is 0 Å². The van der Waals surface area contributed by atoms with E-state index in [0.717, 1.165) is 12.1 Å². The summed E-state index contributed by atoms with van der Waals surface area (Å²) >= 11 is 0. The number of benzene rings is 1. The Kier molecular flexibility index (Phi) is 6.08. The fraction of sp³-hybridized carbons (Fsp3) is 0.429. The van der Waals surface area contributed by atoms with Crippen molar-refractivity contribution in [3.8, 4) is 5.75 Å². The molecule has 0 aliphatic heterocycles. The molecule has 7 heteroatoms. The van der Waals surface area contributed by atoms with Gasteiger partial charge in [0.1, 0.15) is 5.82 Å². The standard InChI is InChI=1S/C14H17F2NO4/c1-9(2)17(6-5-14(19)20)13(18)8-21-12-4-3-10(15)7-11(12)16/h3-4,7,9H,5-6,8H2,1-2H3,(H,19,20). The number of ether oxygens (including phenoxy) is 1. The highest BCUT2D eigenvalue weighted by molar-refractivity contribution is 5.78. The smallest absolute Gasteiger partial charge is 0.305 e. The van der Waals surface area contributed by atoms with Crippen molar-refractivity contribution in [1.82, 2.24) is 4.90 Å². The fourth-order valence-electron chi connectivity index (χ4n) is 1.70. The summed E-state index contributed by atoms with van der Waals surface area (Å²) in [7, 11) is 0. The predicted molar refractivity (Wildman–Crippen MR) is 71.0 cm³/mol. The Hall–Kier alpha value is -2.18. The number of aliphatic carboxylic acids is 1. The first-order valence-electron chi connectivity index (χ1n) is 6.40. The Morgan fingerprint density at radius 1 is 1.33 bits per heavy atom. The van der Waals surface area contributed by atoms with Gasteiger partial charge in [-0.2, -0.15) is 0 Å². The molecular weight excluding hydrogens is 284 g/mol. The molecular formula is C14H17F2NO4. The van der Waals surface area contributed by atoms with E-state index in [9.17, 15) is 18.4 Å². The number of amides is 1. The van der Waals surface area contributed by atoms with E-state index in [1.54, 1.807) is 13.8 Å². The molecule has 0 atom stereocenters. The summed E-state index contributed by atoms with van der Waals surface area (Å²) in [4.78, 5) is 23.8. The van der Waals surface area contributed by atoms with Gasteiger partial charge in [0.2, 0.25) is 0 Å². The maximum absolute atomic E-state index is 13.3. The van der Waals surface area contributed by atoms with Gasteiger partial charge in [-0.3, -0.25) is 9.59 Å². The van der Waals surface area contributed by atoms with E-state index in [0.29, 0.717) is 6.07 Å². The third-order valence-electron chi connectivity index (χ3n) is 2.76. The Labute approximate surface area is 121 Å². The lowest BCUT2D eigenvalue weighted by Gasteiger charge is -2.26. The molecule has 0 fully saturated rings. The summed E-state index contributed by atoms with van der Waals surface area (Å²) < 4.78 is 31.1. The molecule has 0 unspecified atom stereocenters. The van der Waals surface area contributed by atoms with Crippen molar-refractivity contribution in [2.24, 2.45) is 0 Å². The topological polar surface area (TPSA) is 66.8 Å². The molecule has 0 heterocycles. The quantitative estimate of drug-likeness (QED) is 0.837. The van der Waals surface area contributed by atoms with Crippen LogP contribution in [0.3, 0.4) is 0 Å². The lowest BCUT2D eigenvalue weighted by molar-refractivity contribution is -0.139. The van der Waals surface area contributed by atoms with E-state index in [4.69, 9.17) is 9.84 Å². The highest BCUT2D eigenvalue weighted by Gasteiger charge is 2.19. The zero-order valence-corrected chi connectivity index (χ0v) is 11.8. The van der Waals surface area contributed by atoms with Gasteiger partial charge >= 0.3 is 5.97 Å². The van der Waals surface area contributed by atoms with Crippen LogP contribution in [0.4, 0.5) is 8.78 Å². The Bertz CT molecular complexity index is 520. The largest absolute Gasteiger partial charge is 0.481 e. The van der Waals surface area contributed by atoms with Crippen LogP contribution in [0.2, 0.25) is 0 Å². The van der Waals surface area contributed by atoms with E-state index < -0.39 is 30.1 Å².